The number of carbonyl (C=O) groups is 1. The minimum Gasteiger partial charge on any atom is -0.478 e. The number of hydrogen-bond donors (Lipinski definition) is 2. The molecule has 140 valence electrons. The molecule has 0 aliphatic rings. The molecule has 1 aromatic heterocycles. The van der Waals surface area contributed by atoms with Crippen LogP contribution in [0.4, 0.5) is 0 Å². The van der Waals surface area contributed by atoms with E-state index in [4.69, 9.17) is 11.6 Å². The van der Waals surface area contributed by atoms with Gasteiger partial charge in [0, 0.05) is 41.6 Å². The number of hydrogen-bond acceptors (Lipinski definition) is 2. The summed E-state index contributed by atoms with van der Waals surface area (Å²) in [5.41, 5.74) is 5.23. The lowest BCUT2D eigenvalue weighted by Crippen LogP contribution is -2.15. The molecular formula is C22H23ClN2O2. The van der Waals surface area contributed by atoms with E-state index in [-0.39, 0.29) is 0 Å². The Labute approximate surface area is 164 Å². The molecule has 3 rings (SSSR count). The van der Waals surface area contributed by atoms with Crippen LogP contribution in [0.15, 0.2) is 54.6 Å². The lowest BCUT2D eigenvalue weighted by Gasteiger charge is -2.10. The molecule has 1 heterocycles. The Bertz CT molecular complexity index is 931. The van der Waals surface area contributed by atoms with Crippen molar-refractivity contribution in [2.75, 3.05) is 0 Å². The van der Waals surface area contributed by atoms with Gasteiger partial charge in [-0.3, -0.25) is 0 Å². The molecule has 4 nitrogen and oxygen atoms in total. The first-order chi connectivity index (χ1) is 13.0. The number of nitrogens with one attached hydrogen (secondary N) is 1. The third-order valence-corrected chi connectivity index (χ3v) is 5.10. The highest BCUT2D eigenvalue weighted by Crippen LogP contribution is 2.24. The lowest BCUT2D eigenvalue weighted by atomic mass is 10.1. The van der Waals surface area contributed by atoms with Crippen LogP contribution >= 0.6 is 11.6 Å². The zero-order valence-corrected chi connectivity index (χ0v) is 16.3. The van der Waals surface area contributed by atoms with Crippen LogP contribution in [0.3, 0.4) is 0 Å². The summed E-state index contributed by atoms with van der Waals surface area (Å²) in [5.74, 6) is -0.887. The molecular weight excluding hydrogens is 360 g/mol. The SMILES string of the molecule is Cc1c(CNCc2ccccc2)c(C(=O)O)c(C)n1Cc1ccc(Cl)cc1. The summed E-state index contributed by atoms with van der Waals surface area (Å²) in [5, 5.41) is 13.8. The van der Waals surface area contributed by atoms with Gasteiger partial charge in [-0.05, 0) is 37.1 Å². The summed E-state index contributed by atoms with van der Waals surface area (Å²) in [6.45, 7) is 5.67. The average molecular weight is 383 g/mol. The van der Waals surface area contributed by atoms with Crippen LogP contribution in [-0.2, 0) is 19.6 Å². The third-order valence-electron chi connectivity index (χ3n) is 4.85. The Balaban J connectivity index is 1.84. The van der Waals surface area contributed by atoms with Gasteiger partial charge in [0.05, 0.1) is 5.56 Å². The second kappa shape index (κ2) is 8.42. The number of benzene rings is 2. The van der Waals surface area contributed by atoms with Gasteiger partial charge in [-0.15, -0.1) is 0 Å². The Morgan fingerprint density at radius 3 is 2.26 bits per heavy atom. The standard InChI is InChI=1S/C22H23ClN2O2/c1-15-20(13-24-12-17-6-4-3-5-7-17)21(22(26)27)16(2)25(15)14-18-8-10-19(23)11-9-18/h3-11,24H,12-14H2,1-2H3,(H,26,27). The average Bonchev–Trinajstić information content (AvgIpc) is 2.89. The van der Waals surface area contributed by atoms with E-state index in [9.17, 15) is 9.90 Å². The fraction of sp³-hybridized carbons (Fsp3) is 0.227. The van der Waals surface area contributed by atoms with Crippen molar-refractivity contribution in [3.05, 3.63) is 93.3 Å². The predicted molar refractivity (Wildman–Crippen MR) is 108 cm³/mol. The summed E-state index contributed by atoms with van der Waals surface area (Å²) in [4.78, 5) is 11.9. The highest BCUT2D eigenvalue weighted by molar-refractivity contribution is 6.30. The topological polar surface area (TPSA) is 54.3 Å². The monoisotopic (exact) mass is 382 g/mol. The van der Waals surface area contributed by atoms with E-state index in [1.165, 1.54) is 5.56 Å². The van der Waals surface area contributed by atoms with E-state index >= 15 is 0 Å². The first kappa shape index (κ1) is 19.2. The van der Waals surface area contributed by atoms with Crippen LogP contribution in [0.2, 0.25) is 5.02 Å². The van der Waals surface area contributed by atoms with Crippen molar-refractivity contribution in [3.8, 4) is 0 Å². The molecule has 0 radical (unpaired) electrons. The van der Waals surface area contributed by atoms with Gasteiger partial charge in [0.2, 0.25) is 0 Å². The molecule has 0 aliphatic carbocycles. The fourth-order valence-electron chi connectivity index (χ4n) is 3.39. The number of aromatic carboxylic acids is 1. The van der Waals surface area contributed by atoms with E-state index in [0.717, 1.165) is 22.5 Å². The van der Waals surface area contributed by atoms with Crippen LogP contribution in [0.5, 0.6) is 0 Å². The Morgan fingerprint density at radius 1 is 0.963 bits per heavy atom. The van der Waals surface area contributed by atoms with Gasteiger partial charge in [0.1, 0.15) is 0 Å². The molecule has 0 atom stereocenters. The van der Waals surface area contributed by atoms with Crippen molar-refractivity contribution in [1.29, 1.82) is 0 Å². The van der Waals surface area contributed by atoms with Gasteiger partial charge in [-0.1, -0.05) is 54.1 Å². The van der Waals surface area contributed by atoms with Crippen molar-refractivity contribution in [3.63, 3.8) is 0 Å². The van der Waals surface area contributed by atoms with Gasteiger partial charge in [0.15, 0.2) is 0 Å². The molecule has 0 aliphatic heterocycles. The first-order valence-electron chi connectivity index (χ1n) is 8.88. The molecule has 3 aromatic rings. The molecule has 5 heteroatoms. The maximum Gasteiger partial charge on any atom is 0.337 e. The minimum absolute atomic E-state index is 0.391. The van der Waals surface area contributed by atoms with Crippen molar-refractivity contribution in [2.24, 2.45) is 0 Å². The number of rotatable bonds is 7. The predicted octanol–water partition coefficient (Wildman–Crippen LogP) is 4.79. The number of carboxylic acids is 1. The van der Waals surface area contributed by atoms with Crippen LogP contribution in [0, 0.1) is 13.8 Å². The van der Waals surface area contributed by atoms with Crippen LogP contribution < -0.4 is 5.32 Å². The van der Waals surface area contributed by atoms with Crippen LogP contribution in [0.1, 0.15) is 38.4 Å². The van der Waals surface area contributed by atoms with E-state index < -0.39 is 5.97 Å². The van der Waals surface area contributed by atoms with Gasteiger partial charge < -0.3 is 15.0 Å². The maximum atomic E-state index is 11.9. The highest BCUT2D eigenvalue weighted by Gasteiger charge is 2.22. The third kappa shape index (κ3) is 4.41. The summed E-state index contributed by atoms with van der Waals surface area (Å²) >= 11 is 5.96. The molecule has 0 amide bonds. The molecule has 0 saturated heterocycles. The van der Waals surface area contributed by atoms with E-state index in [1.807, 2.05) is 56.3 Å². The largest absolute Gasteiger partial charge is 0.478 e. The second-order valence-electron chi connectivity index (χ2n) is 6.63. The van der Waals surface area contributed by atoms with Crippen LogP contribution in [-0.4, -0.2) is 15.6 Å². The highest BCUT2D eigenvalue weighted by atomic mass is 35.5. The zero-order chi connectivity index (χ0) is 19.4. The molecule has 0 bridgehead atoms. The molecule has 27 heavy (non-hydrogen) atoms. The van der Waals surface area contributed by atoms with Crippen LogP contribution in [0.25, 0.3) is 0 Å². The van der Waals surface area contributed by atoms with Gasteiger partial charge in [-0.25, -0.2) is 4.79 Å². The molecule has 2 N–H and O–H groups in total. The summed E-state index contributed by atoms with van der Waals surface area (Å²) in [6, 6.07) is 17.7. The number of halogens is 1. The lowest BCUT2D eigenvalue weighted by molar-refractivity contribution is 0.0694. The normalized spacial score (nSPS) is 10.9. The van der Waals surface area contributed by atoms with Gasteiger partial charge in [-0.2, -0.15) is 0 Å². The number of nitrogens with zero attached hydrogens (tertiary/aromatic N) is 1. The van der Waals surface area contributed by atoms with E-state index in [0.29, 0.717) is 30.2 Å². The molecule has 0 unspecified atom stereocenters. The second-order valence-corrected chi connectivity index (χ2v) is 7.07. The summed E-state index contributed by atoms with van der Waals surface area (Å²) < 4.78 is 2.06. The Kier molecular flexibility index (Phi) is 5.99. The van der Waals surface area contributed by atoms with Crippen molar-refractivity contribution < 1.29 is 9.90 Å². The number of aromatic nitrogens is 1. The molecule has 0 saturated carbocycles. The smallest absolute Gasteiger partial charge is 0.337 e. The van der Waals surface area contributed by atoms with E-state index in [2.05, 4.69) is 22.0 Å². The maximum absolute atomic E-state index is 11.9. The molecule has 0 fully saturated rings. The van der Waals surface area contributed by atoms with Crippen molar-refractivity contribution in [1.82, 2.24) is 9.88 Å². The minimum atomic E-state index is -0.887. The Morgan fingerprint density at radius 2 is 1.63 bits per heavy atom. The van der Waals surface area contributed by atoms with Gasteiger partial charge in [0.25, 0.3) is 0 Å². The van der Waals surface area contributed by atoms with Crippen molar-refractivity contribution >= 4 is 17.6 Å². The zero-order valence-electron chi connectivity index (χ0n) is 15.5. The van der Waals surface area contributed by atoms with E-state index in [1.54, 1.807) is 0 Å². The van der Waals surface area contributed by atoms with Crippen molar-refractivity contribution in [2.45, 2.75) is 33.5 Å². The number of carboxylic acid groups (broad SMARTS) is 1. The molecule has 2 aromatic carbocycles. The Hall–Kier alpha value is -2.56. The van der Waals surface area contributed by atoms with Gasteiger partial charge >= 0.3 is 5.97 Å². The summed E-state index contributed by atoms with van der Waals surface area (Å²) in [7, 11) is 0. The summed E-state index contributed by atoms with van der Waals surface area (Å²) in [6.07, 6.45) is 0. The molecule has 0 spiro atoms. The quantitative estimate of drug-likeness (QED) is 0.617. The first-order valence-corrected chi connectivity index (χ1v) is 9.26. The fourth-order valence-corrected chi connectivity index (χ4v) is 3.51.